The summed E-state index contributed by atoms with van der Waals surface area (Å²) in [5.74, 6) is 0.351. The Morgan fingerprint density at radius 3 is 2.45 bits per heavy atom. The predicted octanol–water partition coefficient (Wildman–Crippen LogP) is 2.97. The van der Waals surface area contributed by atoms with Crippen molar-refractivity contribution in [1.29, 1.82) is 0 Å². The number of rotatable bonds is 4. The third-order valence-electron chi connectivity index (χ3n) is 4.71. The number of benzene rings is 1. The second-order valence-corrected chi connectivity index (χ2v) is 6.68. The van der Waals surface area contributed by atoms with Gasteiger partial charge in [-0.1, -0.05) is 36.6 Å². The molecule has 0 radical (unpaired) electrons. The molecule has 118 valence electrons. The SMILES string of the molecule is O=C1CC[C@H](C(=O)N[C@@H](c2ccc(Cl)cc2)C2CCCC2)N1. The molecule has 2 amide bonds. The van der Waals surface area contributed by atoms with Crippen LogP contribution in [0.5, 0.6) is 0 Å². The summed E-state index contributed by atoms with van der Waals surface area (Å²) in [4.78, 5) is 23.7. The molecule has 1 aromatic rings. The molecule has 1 aliphatic heterocycles. The molecule has 4 nitrogen and oxygen atoms in total. The molecule has 2 aliphatic rings. The van der Waals surface area contributed by atoms with E-state index in [1.165, 1.54) is 12.8 Å². The summed E-state index contributed by atoms with van der Waals surface area (Å²) < 4.78 is 0. The van der Waals surface area contributed by atoms with E-state index in [4.69, 9.17) is 11.6 Å². The van der Waals surface area contributed by atoms with Gasteiger partial charge in [0.25, 0.3) is 0 Å². The Morgan fingerprint density at radius 1 is 1.18 bits per heavy atom. The second kappa shape index (κ2) is 6.69. The van der Waals surface area contributed by atoms with E-state index in [1.807, 2.05) is 24.3 Å². The summed E-state index contributed by atoms with van der Waals surface area (Å²) in [7, 11) is 0. The van der Waals surface area contributed by atoms with Gasteiger partial charge >= 0.3 is 0 Å². The fourth-order valence-electron chi connectivity index (χ4n) is 3.50. The van der Waals surface area contributed by atoms with Gasteiger partial charge in [0, 0.05) is 11.4 Å². The number of carbonyl (C=O) groups excluding carboxylic acids is 2. The van der Waals surface area contributed by atoms with Crippen molar-refractivity contribution in [2.75, 3.05) is 0 Å². The first kappa shape index (κ1) is 15.3. The number of amides is 2. The zero-order chi connectivity index (χ0) is 15.5. The van der Waals surface area contributed by atoms with Crippen LogP contribution in [0, 0.1) is 5.92 Å². The quantitative estimate of drug-likeness (QED) is 0.896. The first-order valence-corrected chi connectivity index (χ1v) is 8.36. The van der Waals surface area contributed by atoms with Crippen molar-refractivity contribution in [3.05, 3.63) is 34.9 Å². The molecule has 1 saturated heterocycles. The highest BCUT2D eigenvalue weighted by molar-refractivity contribution is 6.30. The van der Waals surface area contributed by atoms with E-state index >= 15 is 0 Å². The molecule has 3 rings (SSSR count). The molecule has 1 aliphatic carbocycles. The number of halogens is 1. The summed E-state index contributed by atoms with van der Waals surface area (Å²) in [6.07, 6.45) is 5.71. The van der Waals surface area contributed by atoms with Crippen LogP contribution in [0.25, 0.3) is 0 Å². The number of hydrogen-bond acceptors (Lipinski definition) is 2. The summed E-state index contributed by atoms with van der Waals surface area (Å²) in [6.45, 7) is 0. The lowest BCUT2D eigenvalue weighted by Gasteiger charge is -2.26. The largest absolute Gasteiger partial charge is 0.347 e. The van der Waals surface area contributed by atoms with Crippen LogP contribution in [0.2, 0.25) is 5.02 Å². The average Bonchev–Trinajstić information content (AvgIpc) is 3.17. The average molecular weight is 321 g/mol. The van der Waals surface area contributed by atoms with E-state index in [0.717, 1.165) is 18.4 Å². The van der Waals surface area contributed by atoms with Gasteiger partial charge in [0.05, 0.1) is 6.04 Å². The van der Waals surface area contributed by atoms with Crippen LogP contribution in [0.3, 0.4) is 0 Å². The van der Waals surface area contributed by atoms with Gasteiger partial charge in [0.15, 0.2) is 0 Å². The van der Waals surface area contributed by atoms with Gasteiger partial charge in [-0.05, 0) is 42.9 Å². The Labute approximate surface area is 135 Å². The first-order valence-electron chi connectivity index (χ1n) is 7.98. The summed E-state index contributed by atoms with van der Waals surface area (Å²) in [5.41, 5.74) is 1.09. The number of nitrogens with one attached hydrogen (secondary N) is 2. The molecule has 2 atom stereocenters. The third kappa shape index (κ3) is 3.43. The van der Waals surface area contributed by atoms with Crippen LogP contribution in [0.1, 0.15) is 50.1 Å². The molecular formula is C17H21ClN2O2. The minimum atomic E-state index is -0.385. The van der Waals surface area contributed by atoms with Gasteiger partial charge in [-0.15, -0.1) is 0 Å². The fraction of sp³-hybridized carbons (Fsp3) is 0.529. The standard InChI is InChI=1S/C17H21ClN2O2/c18-13-7-5-12(6-8-13)16(11-3-1-2-4-11)20-17(22)14-9-10-15(21)19-14/h5-8,11,14,16H,1-4,9-10H2,(H,19,21)(H,20,22)/t14-,16-/m1/s1. The lowest BCUT2D eigenvalue weighted by Crippen LogP contribution is -2.44. The Kier molecular flexibility index (Phi) is 4.67. The highest BCUT2D eigenvalue weighted by Crippen LogP contribution is 2.36. The molecule has 0 bridgehead atoms. The van der Waals surface area contributed by atoms with Crippen LogP contribution in [0.4, 0.5) is 0 Å². The van der Waals surface area contributed by atoms with Crippen molar-refractivity contribution < 1.29 is 9.59 Å². The smallest absolute Gasteiger partial charge is 0.243 e. The van der Waals surface area contributed by atoms with Crippen molar-refractivity contribution in [2.45, 2.75) is 50.6 Å². The lowest BCUT2D eigenvalue weighted by atomic mass is 9.91. The molecule has 1 saturated carbocycles. The zero-order valence-corrected chi connectivity index (χ0v) is 13.2. The van der Waals surface area contributed by atoms with E-state index < -0.39 is 0 Å². The van der Waals surface area contributed by atoms with Crippen molar-refractivity contribution in [1.82, 2.24) is 10.6 Å². The van der Waals surface area contributed by atoms with Gasteiger partial charge in [-0.25, -0.2) is 0 Å². The topological polar surface area (TPSA) is 58.2 Å². The highest BCUT2D eigenvalue weighted by Gasteiger charge is 2.32. The number of carbonyl (C=O) groups is 2. The molecule has 22 heavy (non-hydrogen) atoms. The Hall–Kier alpha value is -1.55. The normalized spacial score (nSPS) is 23.3. The molecule has 1 heterocycles. The maximum atomic E-state index is 12.4. The van der Waals surface area contributed by atoms with E-state index in [9.17, 15) is 9.59 Å². The van der Waals surface area contributed by atoms with Crippen molar-refractivity contribution in [3.63, 3.8) is 0 Å². The van der Waals surface area contributed by atoms with Crippen molar-refractivity contribution in [2.24, 2.45) is 5.92 Å². The van der Waals surface area contributed by atoms with Gasteiger partial charge in [-0.2, -0.15) is 0 Å². The molecule has 2 fully saturated rings. The summed E-state index contributed by atoms with van der Waals surface area (Å²) >= 11 is 5.97. The second-order valence-electron chi connectivity index (χ2n) is 6.24. The molecule has 0 spiro atoms. The monoisotopic (exact) mass is 320 g/mol. The number of hydrogen-bond donors (Lipinski definition) is 2. The zero-order valence-electron chi connectivity index (χ0n) is 12.5. The first-order chi connectivity index (χ1) is 10.6. The van der Waals surface area contributed by atoms with Gasteiger partial charge < -0.3 is 10.6 Å². The molecule has 1 aromatic carbocycles. The van der Waals surface area contributed by atoms with Crippen LogP contribution in [-0.4, -0.2) is 17.9 Å². The van der Waals surface area contributed by atoms with Gasteiger partial charge in [0.1, 0.15) is 6.04 Å². The summed E-state index contributed by atoms with van der Waals surface area (Å²) in [5, 5.41) is 6.60. The van der Waals surface area contributed by atoms with Gasteiger partial charge in [0.2, 0.25) is 11.8 Å². The molecular weight excluding hydrogens is 300 g/mol. The molecule has 0 aromatic heterocycles. The molecule has 2 N–H and O–H groups in total. The Morgan fingerprint density at radius 2 is 1.86 bits per heavy atom. The van der Waals surface area contributed by atoms with E-state index in [0.29, 0.717) is 23.8 Å². The van der Waals surface area contributed by atoms with E-state index in [2.05, 4.69) is 10.6 Å². The van der Waals surface area contributed by atoms with Crippen molar-refractivity contribution >= 4 is 23.4 Å². The van der Waals surface area contributed by atoms with Crippen molar-refractivity contribution in [3.8, 4) is 0 Å². The third-order valence-corrected chi connectivity index (χ3v) is 4.96. The van der Waals surface area contributed by atoms with Crippen LogP contribution >= 0.6 is 11.6 Å². The summed E-state index contributed by atoms with van der Waals surface area (Å²) in [6, 6.07) is 7.32. The minimum absolute atomic E-state index is 0.00442. The van der Waals surface area contributed by atoms with Crippen LogP contribution in [-0.2, 0) is 9.59 Å². The van der Waals surface area contributed by atoms with Crippen LogP contribution in [0.15, 0.2) is 24.3 Å². The minimum Gasteiger partial charge on any atom is -0.347 e. The maximum Gasteiger partial charge on any atom is 0.243 e. The Balaban J connectivity index is 1.74. The van der Waals surface area contributed by atoms with E-state index in [-0.39, 0.29) is 23.9 Å². The predicted molar refractivity (Wildman–Crippen MR) is 85.5 cm³/mol. The maximum absolute atomic E-state index is 12.4. The molecule has 5 heteroatoms. The lowest BCUT2D eigenvalue weighted by molar-refractivity contribution is -0.126. The highest BCUT2D eigenvalue weighted by atomic mass is 35.5. The fourth-order valence-corrected chi connectivity index (χ4v) is 3.62. The Bertz CT molecular complexity index is 552. The van der Waals surface area contributed by atoms with Gasteiger partial charge in [-0.3, -0.25) is 9.59 Å². The molecule has 0 unspecified atom stereocenters. The van der Waals surface area contributed by atoms with E-state index in [1.54, 1.807) is 0 Å². The van der Waals surface area contributed by atoms with Crippen LogP contribution < -0.4 is 10.6 Å².